The van der Waals surface area contributed by atoms with Gasteiger partial charge in [0.1, 0.15) is 0 Å². The van der Waals surface area contributed by atoms with E-state index in [1.165, 1.54) is 0 Å². The average Bonchev–Trinajstić information content (AvgIpc) is 2.48. The number of methoxy groups -OCH3 is 1. The first-order chi connectivity index (χ1) is 10.5. The van der Waals surface area contributed by atoms with Crippen LogP contribution >= 0.6 is 11.6 Å². The molecule has 2 aromatic carbocycles. The molecular weight excluding hydrogens is 302 g/mol. The summed E-state index contributed by atoms with van der Waals surface area (Å²) in [4.78, 5) is 12.2. The van der Waals surface area contributed by atoms with Crippen LogP contribution in [0.3, 0.4) is 0 Å². The zero-order valence-electron chi connectivity index (χ0n) is 12.7. The molecule has 0 aliphatic carbocycles. The first-order valence-electron chi connectivity index (χ1n) is 6.87. The predicted molar refractivity (Wildman–Crippen MR) is 87.9 cm³/mol. The summed E-state index contributed by atoms with van der Waals surface area (Å²) in [6.45, 7) is 3.64. The Morgan fingerprint density at radius 1 is 1.18 bits per heavy atom. The summed E-state index contributed by atoms with van der Waals surface area (Å²) < 4.78 is 11.0. The van der Waals surface area contributed by atoms with Gasteiger partial charge in [0.15, 0.2) is 17.6 Å². The van der Waals surface area contributed by atoms with E-state index >= 15 is 0 Å². The lowest BCUT2D eigenvalue weighted by Crippen LogP contribution is -2.30. The predicted octanol–water partition coefficient (Wildman–Crippen LogP) is 4.06. The van der Waals surface area contributed by atoms with Crippen molar-refractivity contribution in [2.75, 3.05) is 12.4 Å². The molecule has 0 heterocycles. The number of hydrogen-bond donors (Lipinski definition) is 1. The molecule has 0 unspecified atom stereocenters. The molecule has 0 aromatic heterocycles. The van der Waals surface area contributed by atoms with Gasteiger partial charge in [-0.15, -0.1) is 0 Å². The van der Waals surface area contributed by atoms with Crippen LogP contribution < -0.4 is 14.8 Å². The molecule has 5 heteroatoms. The Kier molecular flexibility index (Phi) is 5.28. The second-order valence-corrected chi connectivity index (χ2v) is 5.35. The number of halogens is 1. The van der Waals surface area contributed by atoms with E-state index in [-0.39, 0.29) is 5.91 Å². The van der Waals surface area contributed by atoms with Crippen molar-refractivity contribution >= 4 is 23.2 Å². The lowest BCUT2D eigenvalue weighted by atomic mass is 10.2. The van der Waals surface area contributed by atoms with Gasteiger partial charge >= 0.3 is 0 Å². The zero-order valence-corrected chi connectivity index (χ0v) is 13.5. The number of rotatable bonds is 5. The standard InChI is InChI=1S/C17H18ClNO3/c1-11-7-8-15(16(9-11)21-3)22-12(2)17(20)19-14-6-4-5-13(18)10-14/h4-10,12H,1-3H3,(H,19,20)/t12-/m0/s1. The maximum absolute atomic E-state index is 12.2. The molecule has 2 rings (SSSR count). The number of amides is 1. The third-order valence-electron chi connectivity index (χ3n) is 3.08. The quantitative estimate of drug-likeness (QED) is 0.904. The van der Waals surface area contributed by atoms with E-state index in [1.807, 2.05) is 19.1 Å². The molecule has 0 bridgehead atoms. The number of carbonyl (C=O) groups excluding carboxylic acids is 1. The van der Waals surface area contributed by atoms with Crippen LogP contribution in [0, 0.1) is 6.92 Å². The summed E-state index contributed by atoms with van der Waals surface area (Å²) in [5.74, 6) is 0.870. The van der Waals surface area contributed by atoms with Crippen LogP contribution in [-0.2, 0) is 4.79 Å². The van der Waals surface area contributed by atoms with Crippen molar-refractivity contribution in [3.63, 3.8) is 0 Å². The zero-order chi connectivity index (χ0) is 16.1. The van der Waals surface area contributed by atoms with Gasteiger partial charge in [-0.1, -0.05) is 23.7 Å². The van der Waals surface area contributed by atoms with E-state index in [0.717, 1.165) is 5.56 Å². The molecule has 0 aliphatic heterocycles. The fourth-order valence-corrected chi connectivity index (χ4v) is 2.12. The lowest BCUT2D eigenvalue weighted by molar-refractivity contribution is -0.122. The minimum atomic E-state index is -0.671. The van der Waals surface area contributed by atoms with Crippen molar-refractivity contribution in [3.8, 4) is 11.5 Å². The summed E-state index contributed by atoms with van der Waals surface area (Å²) in [6.07, 6.45) is -0.671. The van der Waals surface area contributed by atoms with E-state index in [2.05, 4.69) is 5.32 Å². The number of anilines is 1. The SMILES string of the molecule is COc1cc(C)ccc1O[C@@H](C)C(=O)Nc1cccc(Cl)c1. The van der Waals surface area contributed by atoms with Gasteiger partial charge in [-0.05, 0) is 49.7 Å². The highest BCUT2D eigenvalue weighted by Crippen LogP contribution is 2.28. The Labute approximate surface area is 135 Å². The molecule has 4 nitrogen and oxygen atoms in total. The fourth-order valence-electron chi connectivity index (χ4n) is 1.93. The third-order valence-corrected chi connectivity index (χ3v) is 3.32. The first kappa shape index (κ1) is 16.2. The first-order valence-corrected chi connectivity index (χ1v) is 7.25. The summed E-state index contributed by atoms with van der Waals surface area (Å²) in [5, 5.41) is 3.32. The molecule has 22 heavy (non-hydrogen) atoms. The number of carbonyl (C=O) groups is 1. The van der Waals surface area contributed by atoms with Gasteiger partial charge in [0.05, 0.1) is 7.11 Å². The van der Waals surface area contributed by atoms with Crippen molar-refractivity contribution in [2.45, 2.75) is 20.0 Å². The monoisotopic (exact) mass is 319 g/mol. The van der Waals surface area contributed by atoms with Crippen molar-refractivity contribution in [1.29, 1.82) is 0 Å². The maximum Gasteiger partial charge on any atom is 0.265 e. The number of benzene rings is 2. The smallest absolute Gasteiger partial charge is 0.265 e. The van der Waals surface area contributed by atoms with Gasteiger partial charge in [0.25, 0.3) is 5.91 Å². The van der Waals surface area contributed by atoms with Crippen LogP contribution in [0.4, 0.5) is 5.69 Å². The fraction of sp³-hybridized carbons (Fsp3) is 0.235. The Bertz CT molecular complexity index is 673. The molecule has 1 N–H and O–H groups in total. The lowest BCUT2D eigenvalue weighted by Gasteiger charge is -2.17. The maximum atomic E-state index is 12.2. The Hall–Kier alpha value is -2.20. The van der Waals surface area contributed by atoms with E-state index in [1.54, 1.807) is 44.4 Å². The molecule has 1 atom stereocenters. The minimum absolute atomic E-state index is 0.259. The van der Waals surface area contributed by atoms with Crippen LogP contribution in [0.5, 0.6) is 11.5 Å². The van der Waals surface area contributed by atoms with Crippen LogP contribution in [0.25, 0.3) is 0 Å². The summed E-state index contributed by atoms with van der Waals surface area (Å²) >= 11 is 5.89. The third kappa shape index (κ3) is 4.15. The van der Waals surface area contributed by atoms with Crippen LogP contribution in [0.15, 0.2) is 42.5 Å². The highest BCUT2D eigenvalue weighted by Gasteiger charge is 2.17. The average molecular weight is 320 g/mol. The molecule has 0 radical (unpaired) electrons. The summed E-state index contributed by atoms with van der Waals surface area (Å²) in [6, 6.07) is 12.5. The van der Waals surface area contributed by atoms with Crippen LogP contribution in [0.2, 0.25) is 5.02 Å². The molecule has 1 amide bonds. The van der Waals surface area contributed by atoms with Crippen molar-refractivity contribution in [1.82, 2.24) is 0 Å². The Balaban J connectivity index is 2.05. The molecular formula is C17H18ClNO3. The van der Waals surface area contributed by atoms with Crippen molar-refractivity contribution in [3.05, 3.63) is 53.1 Å². The second kappa shape index (κ2) is 7.18. The van der Waals surface area contributed by atoms with Crippen molar-refractivity contribution in [2.24, 2.45) is 0 Å². The molecule has 116 valence electrons. The van der Waals surface area contributed by atoms with Gasteiger partial charge in [-0.3, -0.25) is 4.79 Å². The van der Waals surface area contributed by atoms with Crippen LogP contribution in [-0.4, -0.2) is 19.1 Å². The molecule has 0 spiro atoms. The van der Waals surface area contributed by atoms with E-state index in [9.17, 15) is 4.79 Å². The summed E-state index contributed by atoms with van der Waals surface area (Å²) in [5.41, 5.74) is 1.68. The van der Waals surface area contributed by atoms with E-state index in [0.29, 0.717) is 22.2 Å². The Morgan fingerprint density at radius 3 is 2.64 bits per heavy atom. The molecule has 0 saturated heterocycles. The minimum Gasteiger partial charge on any atom is -0.493 e. The second-order valence-electron chi connectivity index (χ2n) is 4.91. The highest BCUT2D eigenvalue weighted by molar-refractivity contribution is 6.30. The molecule has 0 fully saturated rings. The molecule has 0 aliphatic rings. The number of hydrogen-bond acceptors (Lipinski definition) is 3. The number of nitrogens with one attached hydrogen (secondary N) is 1. The van der Waals surface area contributed by atoms with Gasteiger partial charge in [0.2, 0.25) is 0 Å². The van der Waals surface area contributed by atoms with Gasteiger partial charge < -0.3 is 14.8 Å². The van der Waals surface area contributed by atoms with Gasteiger partial charge in [0, 0.05) is 10.7 Å². The number of aryl methyl sites for hydroxylation is 1. The van der Waals surface area contributed by atoms with Gasteiger partial charge in [-0.25, -0.2) is 0 Å². The Morgan fingerprint density at radius 2 is 1.95 bits per heavy atom. The van der Waals surface area contributed by atoms with Gasteiger partial charge in [-0.2, -0.15) is 0 Å². The molecule has 2 aromatic rings. The number of ether oxygens (including phenoxy) is 2. The van der Waals surface area contributed by atoms with Crippen LogP contribution in [0.1, 0.15) is 12.5 Å². The van der Waals surface area contributed by atoms with E-state index in [4.69, 9.17) is 21.1 Å². The van der Waals surface area contributed by atoms with E-state index < -0.39 is 6.10 Å². The summed E-state index contributed by atoms with van der Waals surface area (Å²) in [7, 11) is 1.57. The highest BCUT2D eigenvalue weighted by atomic mass is 35.5. The largest absolute Gasteiger partial charge is 0.493 e. The normalized spacial score (nSPS) is 11.6. The topological polar surface area (TPSA) is 47.6 Å². The molecule has 0 saturated carbocycles. The van der Waals surface area contributed by atoms with Crippen molar-refractivity contribution < 1.29 is 14.3 Å².